The second kappa shape index (κ2) is 7.20. The Balaban J connectivity index is 1.46. The molecule has 0 atom stereocenters. The number of carbonyl (C=O) groups excluding carboxylic acids is 1. The number of ether oxygens (including phenoxy) is 1. The number of benzene rings is 2. The first kappa shape index (κ1) is 16.6. The largest absolute Gasteiger partial charge is 0.448 e. The molecule has 1 saturated heterocycles. The molecular weight excluding hydrogens is 378 g/mol. The van der Waals surface area contributed by atoms with Gasteiger partial charge in [0.25, 0.3) is 0 Å². The van der Waals surface area contributed by atoms with Crippen LogP contribution in [0.3, 0.4) is 0 Å². The number of halogens is 1. The van der Waals surface area contributed by atoms with Gasteiger partial charge in [0.1, 0.15) is 6.61 Å². The van der Waals surface area contributed by atoms with E-state index in [-0.39, 0.29) is 12.0 Å². The van der Waals surface area contributed by atoms with Gasteiger partial charge in [0, 0.05) is 24.3 Å². The van der Waals surface area contributed by atoms with Crippen LogP contribution >= 0.6 is 15.9 Å². The van der Waals surface area contributed by atoms with Crippen molar-refractivity contribution in [3.63, 3.8) is 0 Å². The number of hydrogen-bond donors (Lipinski definition) is 0. The molecule has 130 valence electrons. The SMILES string of the molecule is O=C(OCC1c2ccccc2-c2ccccc21)N1CCC(CBr)CC1. The van der Waals surface area contributed by atoms with Crippen LogP contribution in [0.15, 0.2) is 48.5 Å². The van der Waals surface area contributed by atoms with Crippen molar-refractivity contribution in [3.8, 4) is 11.1 Å². The van der Waals surface area contributed by atoms with Gasteiger partial charge in [-0.05, 0) is 41.0 Å². The molecule has 0 aromatic heterocycles. The Hall–Kier alpha value is -1.81. The Kier molecular flexibility index (Phi) is 4.80. The van der Waals surface area contributed by atoms with E-state index in [4.69, 9.17) is 4.74 Å². The van der Waals surface area contributed by atoms with Crippen molar-refractivity contribution in [3.05, 3.63) is 59.7 Å². The smallest absolute Gasteiger partial charge is 0.409 e. The van der Waals surface area contributed by atoms with Crippen LogP contribution in [0.25, 0.3) is 11.1 Å². The van der Waals surface area contributed by atoms with Crippen LogP contribution in [0.4, 0.5) is 4.79 Å². The summed E-state index contributed by atoms with van der Waals surface area (Å²) in [6.07, 6.45) is 1.93. The average Bonchev–Trinajstić information content (AvgIpc) is 3.00. The summed E-state index contributed by atoms with van der Waals surface area (Å²) in [7, 11) is 0. The van der Waals surface area contributed by atoms with Gasteiger partial charge >= 0.3 is 6.09 Å². The highest BCUT2D eigenvalue weighted by atomic mass is 79.9. The number of carbonyl (C=O) groups is 1. The van der Waals surface area contributed by atoms with Gasteiger partial charge in [0.05, 0.1) is 0 Å². The minimum Gasteiger partial charge on any atom is -0.448 e. The van der Waals surface area contributed by atoms with E-state index >= 15 is 0 Å². The van der Waals surface area contributed by atoms with E-state index in [0.29, 0.717) is 12.5 Å². The maximum Gasteiger partial charge on any atom is 0.409 e. The molecule has 0 radical (unpaired) electrons. The lowest BCUT2D eigenvalue weighted by molar-refractivity contribution is 0.0874. The van der Waals surface area contributed by atoms with E-state index in [1.165, 1.54) is 22.3 Å². The molecule has 0 bridgehead atoms. The fourth-order valence-electron chi connectivity index (χ4n) is 3.96. The molecule has 0 unspecified atom stereocenters. The molecule has 0 N–H and O–H groups in total. The van der Waals surface area contributed by atoms with Crippen molar-refractivity contribution in [1.82, 2.24) is 4.90 Å². The molecule has 1 amide bonds. The Bertz CT molecular complexity index is 722. The highest BCUT2D eigenvalue weighted by Gasteiger charge is 2.30. The van der Waals surface area contributed by atoms with E-state index in [2.05, 4.69) is 64.5 Å². The van der Waals surface area contributed by atoms with Crippen LogP contribution in [-0.4, -0.2) is 36.0 Å². The number of alkyl halides is 1. The third-order valence-electron chi connectivity index (χ3n) is 5.43. The monoisotopic (exact) mass is 399 g/mol. The lowest BCUT2D eigenvalue weighted by Crippen LogP contribution is -2.39. The zero-order valence-corrected chi connectivity index (χ0v) is 15.7. The van der Waals surface area contributed by atoms with E-state index in [1.54, 1.807) is 0 Å². The number of piperidine rings is 1. The normalized spacial score (nSPS) is 17.2. The van der Waals surface area contributed by atoms with Gasteiger partial charge in [-0.25, -0.2) is 4.79 Å². The topological polar surface area (TPSA) is 29.5 Å². The predicted octanol–water partition coefficient (Wildman–Crippen LogP) is 5.04. The summed E-state index contributed by atoms with van der Waals surface area (Å²) in [6.45, 7) is 2.01. The quantitative estimate of drug-likeness (QED) is 0.676. The molecule has 4 heteroatoms. The molecule has 1 aliphatic carbocycles. The van der Waals surface area contributed by atoms with Crippen molar-refractivity contribution >= 4 is 22.0 Å². The standard InChI is InChI=1S/C21H22BrNO2/c22-13-15-9-11-23(12-10-15)21(24)25-14-20-18-7-3-1-5-16(18)17-6-2-4-8-19(17)20/h1-8,15,20H,9-14H2. The molecule has 2 aliphatic rings. The molecule has 0 saturated carbocycles. The first-order chi connectivity index (χ1) is 12.3. The second-order valence-electron chi connectivity index (χ2n) is 6.89. The van der Waals surface area contributed by atoms with Crippen LogP contribution in [0.5, 0.6) is 0 Å². The summed E-state index contributed by atoms with van der Waals surface area (Å²) >= 11 is 3.54. The third kappa shape index (κ3) is 3.20. The summed E-state index contributed by atoms with van der Waals surface area (Å²) in [6, 6.07) is 16.9. The van der Waals surface area contributed by atoms with E-state index < -0.39 is 0 Å². The molecule has 1 heterocycles. The van der Waals surface area contributed by atoms with Crippen LogP contribution in [-0.2, 0) is 4.74 Å². The van der Waals surface area contributed by atoms with Gasteiger partial charge in [0.2, 0.25) is 0 Å². The summed E-state index contributed by atoms with van der Waals surface area (Å²) in [4.78, 5) is 14.3. The highest BCUT2D eigenvalue weighted by molar-refractivity contribution is 9.09. The third-order valence-corrected chi connectivity index (χ3v) is 6.34. The Morgan fingerprint density at radius 3 is 2.12 bits per heavy atom. The molecule has 1 aliphatic heterocycles. The van der Waals surface area contributed by atoms with Gasteiger partial charge in [0.15, 0.2) is 0 Å². The van der Waals surface area contributed by atoms with Crippen LogP contribution in [0.2, 0.25) is 0 Å². The predicted molar refractivity (Wildman–Crippen MR) is 103 cm³/mol. The summed E-state index contributed by atoms with van der Waals surface area (Å²) in [5.74, 6) is 0.814. The Labute approximate surface area is 157 Å². The molecular formula is C21H22BrNO2. The van der Waals surface area contributed by atoms with Gasteiger partial charge in [-0.1, -0.05) is 64.5 Å². The Morgan fingerprint density at radius 1 is 1.00 bits per heavy atom. The number of likely N-dealkylation sites (tertiary alicyclic amines) is 1. The van der Waals surface area contributed by atoms with E-state index in [0.717, 1.165) is 31.3 Å². The first-order valence-electron chi connectivity index (χ1n) is 8.94. The fraction of sp³-hybridized carbons (Fsp3) is 0.381. The number of rotatable bonds is 3. The van der Waals surface area contributed by atoms with E-state index in [9.17, 15) is 4.79 Å². The molecule has 2 aromatic rings. The maximum atomic E-state index is 12.5. The number of amides is 1. The van der Waals surface area contributed by atoms with Gasteiger partial charge in [-0.2, -0.15) is 0 Å². The minimum absolute atomic E-state index is 0.136. The van der Waals surface area contributed by atoms with Crippen LogP contribution in [0.1, 0.15) is 29.9 Å². The lowest BCUT2D eigenvalue weighted by Gasteiger charge is -2.30. The number of nitrogens with zero attached hydrogens (tertiary/aromatic N) is 1. The van der Waals surface area contributed by atoms with Crippen molar-refractivity contribution in [1.29, 1.82) is 0 Å². The molecule has 4 rings (SSSR count). The molecule has 25 heavy (non-hydrogen) atoms. The van der Waals surface area contributed by atoms with Crippen molar-refractivity contribution in [2.75, 3.05) is 25.0 Å². The summed E-state index contributed by atoms with van der Waals surface area (Å²) < 4.78 is 5.72. The van der Waals surface area contributed by atoms with Crippen LogP contribution < -0.4 is 0 Å². The summed E-state index contributed by atoms with van der Waals surface area (Å²) in [5.41, 5.74) is 5.04. The van der Waals surface area contributed by atoms with Crippen molar-refractivity contribution < 1.29 is 9.53 Å². The lowest BCUT2D eigenvalue weighted by atomic mass is 9.98. The fourth-order valence-corrected chi connectivity index (χ4v) is 4.60. The second-order valence-corrected chi connectivity index (χ2v) is 7.54. The van der Waals surface area contributed by atoms with Crippen molar-refractivity contribution in [2.24, 2.45) is 5.92 Å². The summed E-state index contributed by atoms with van der Waals surface area (Å²) in [5, 5.41) is 1.02. The molecule has 2 aromatic carbocycles. The maximum absolute atomic E-state index is 12.5. The minimum atomic E-state index is -0.171. The number of hydrogen-bond acceptors (Lipinski definition) is 2. The zero-order valence-electron chi connectivity index (χ0n) is 14.2. The Morgan fingerprint density at radius 2 is 1.56 bits per heavy atom. The van der Waals surface area contributed by atoms with Gasteiger partial charge in [-0.3, -0.25) is 0 Å². The molecule has 0 spiro atoms. The first-order valence-corrected chi connectivity index (χ1v) is 10.1. The van der Waals surface area contributed by atoms with Gasteiger partial charge in [-0.15, -0.1) is 0 Å². The number of fused-ring (bicyclic) bond motifs is 3. The molecule has 1 fully saturated rings. The highest BCUT2D eigenvalue weighted by Crippen LogP contribution is 2.44. The van der Waals surface area contributed by atoms with Crippen molar-refractivity contribution in [2.45, 2.75) is 18.8 Å². The van der Waals surface area contributed by atoms with Crippen LogP contribution in [0, 0.1) is 5.92 Å². The average molecular weight is 400 g/mol. The van der Waals surface area contributed by atoms with E-state index in [1.807, 2.05) is 4.90 Å². The molecule has 3 nitrogen and oxygen atoms in total. The van der Waals surface area contributed by atoms with Gasteiger partial charge < -0.3 is 9.64 Å². The zero-order chi connectivity index (χ0) is 17.2.